The minimum absolute atomic E-state index is 0.0191. The zero-order valence-electron chi connectivity index (χ0n) is 15.5. The highest BCUT2D eigenvalue weighted by Gasteiger charge is 2.24. The number of ether oxygens (including phenoxy) is 2. The Bertz CT molecular complexity index is 833. The summed E-state index contributed by atoms with van der Waals surface area (Å²) in [7, 11) is 1.47. The van der Waals surface area contributed by atoms with Crippen LogP contribution in [0.2, 0.25) is 0 Å². The predicted molar refractivity (Wildman–Crippen MR) is 101 cm³/mol. The molecule has 2 aromatic carbocycles. The van der Waals surface area contributed by atoms with Gasteiger partial charge >= 0.3 is 0 Å². The summed E-state index contributed by atoms with van der Waals surface area (Å²) in [6.45, 7) is 5.12. The number of phenols is 1. The Labute approximate surface area is 157 Å². The van der Waals surface area contributed by atoms with E-state index < -0.39 is 11.7 Å². The van der Waals surface area contributed by atoms with Crippen LogP contribution < -0.4 is 15.0 Å². The molecule has 1 aliphatic rings. The van der Waals surface area contributed by atoms with Crippen LogP contribution in [0.3, 0.4) is 0 Å². The van der Waals surface area contributed by atoms with Crippen molar-refractivity contribution in [2.45, 2.75) is 26.1 Å². The number of carbonyl (C=O) groups is 1. The fraction of sp³-hybridized carbons (Fsp3) is 0.350. The number of benzene rings is 2. The molecule has 27 heavy (non-hydrogen) atoms. The van der Waals surface area contributed by atoms with E-state index in [1.165, 1.54) is 25.3 Å². The van der Waals surface area contributed by atoms with Crippen LogP contribution in [-0.4, -0.2) is 43.4 Å². The summed E-state index contributed by atoms with van der Waals surface area (Å²) in [6, 6.07) is 8.92. The van der Waals surface area contributed by atoms with Crippen LogP contribution in [0, 0.1) is 5.82 Å². The van der Waals surface area contributed by atoms with Crippen molar-refractivity contribution in [1.29, 1.82) is 0 Å². The van der Waals surface area contributed by atoms with Gasteiger partial charge in [-0.1, -0.05) is 0 Å². The van der Waals surface area contributed by atoms with Crippen molar-refractivity contribution in [1.82, 2.24) is 0 Å². The van der Waals surface area contributed by atoms with Crippen molar-refractivity contribution < 1.29 is 23.8 Å². The number of aromatic hydroxyl groups is 1. The van der Waals surface area contributed by atoms with Gasteiger partial charge in [0.15, 0.2) is 0 Å². The smallest absolute Gasteiger partial charge is 0.259 e. The minimum atomic E-state index is -0.532. The van der Waals surface area contributed by atoms with Crippen molar-refractivity contribution >= 4 is 17.3 Å². The van der Waals surface area contributed by atoms with Gasteiger partial charge in [0.2, 0.25) is 0 Å². The SMILES string of the molecule is COc1ccc(C(=O)Nc2ccc(N3C[C@@H](C)O[C@H](C)C3)c(F)c2)c(O)c1. The predicted octanol–water partition coefficient (Wildman–Crippen LogP) is 3.41. The third-order valence-electron chi connectivity index (χ3n) is 4.42. The monoisotopic (exact) mass is 374 g/mol. The summed E-state index contributed by atoms with van der Waals surface area (Å²) in [5.74, 6) is -0.724. The summed E-state index contributed by atoms with van der Waals surface area (Å²) in [6.07, 6.45) is 0.0381. The highest BCUT2D eigenvalue weighted by atomic mass is 19.1. The molecule has 0 unspecified atom stereocenters. The van der Waals surface area contributed by atoms with Crippen LogP contribution in [0.15, 0.2) is 36.4 Å². The number of hydrogen-bond donors (Lipinski definition) is 2. The van der Waals surface area contributed by atoms with Crippen molar-refractivity contribution in [2.24, 2.45) is 0 Å². The standard InChI is InChI=1S/C20H23FN2O4/c1-12-10-23(11-13(2)27-12)18-7-4-14(8-17(18)21)22-20(25)16-6-5-15(26-3)9-19(16)24/h4-9,12-13,24H,10-11H2,1-3H3,(H,22,25)/t12-,13-/m1/s1. The molecule has 1 aliphatic heterocycles. The Morgan fingerprint density at radius 1 is 1.22 bits per heavy atom. The lowest BCUT2D eigenvalue weighted by molar-refractivity contribution is -0.00539. The first-order chi connectivity index (χ1) is 12.9. The molecule has 2 N–H and O–H groups in total. The van der Waals surface area contributed by atoms with Gasteiger partial charge < -0.3 is 24.8 Å². The van der Waals surface area contributed by atoms with Gasteiger partial charge in [-0.15, -0.1) is 0 Å². The molecule has 1 fully saturated rings. The lowest BCUT2D eigenvalue weighted by atomic mass is 10.1. The number of hydrogen-bond acceptors (Lipinski definition) is 5. The van der Waals surface area contributed by atoms with E-state index in [4.69, 9.17) is 9.47 Å². The molecule has 0 radical (unpaired) electrons. The molecule has 2 aromatic rings. The van der Waals surface area contributed by atoms with Crippen molar-refractivity contribution in [2.75, 3.05) is 30.4 Å². The second kappa shape index (κ2) is 7.84. The number of methoxy groups -OCH3 is 1. The molecule has 1 saturated heterocycles. The Morgan fingerprint density at radius 2 is 1.93 bits per heavy atom. The minimum Gasteiger partial charge on any atom is -0.507 e. The van der Waals surface area contributed by atoms with E-state index >= 15 is 0 Å². The van der Waals surface area contributed by atoms with Gasteiger partial charge in [-0.3, -0.25) is 4.79 Å². The van der Waals surface area contributed by atoms with E-state index in [1.54, 1.807) is 18.2 Å². The third-order valence-corrected chi connectivity index (χ3v) is 4.42. The molecule has 6 nitrogen and oxygen atoms in total. The average Bonchev–Trinajstić information content (AvgIpc) is 2.60. The quantitative estimate of drug-likeness (QED) is 0.858. The Morgan fingerprint density at radius 3 is 2.52 bits per heavy atom. The number of phenolic OH excluding ortho intramolecular Hbond substituents is 1. The van der Waals surface area contributed by atoms with E-state index in [2.05, 4.69) is 5.32 Å². The Kier molecular flexibility index (Phi) is 5.51. The van der Waals surface area contributed by atoms with Gasteiger partial charge in [0.1, 0.15) is 17.3 Å². The van der Waals surface area contributed by atoms with Crippen LogP contribution in [0.25, 0.3) is 0 Å². The highest BCUT2D eigenvalue weighted by molar-refractivity contribution is 6.06. The molecule has 7 heteroatoms. The number of rotatable bonds is 4. The molecule has 0 saturated carbocycles. The first kappa shape index (κ1) is 19.0. The van der Waals surface area contributed by atoms with Gasteiger partial charge in [-0.2, -0.15) is 0 Å². The van der Waals surface area contributed by atoms with Gasteiger partial charge in [0, 0.05) is 24.8 Å². The molecule has 0 spiro atoms. The topological polar surface area (TPSA) is 71.0 Å². The second-order valence-corrected chi connectivity index (χ2v) is 6.67. The summed E-state index contributed by atoms with van der Waals surface area (Å²) in [4.78, 5) is 14.3. The largest absolute Gasteiger partial charge is 0.507 e. The number of carbonyl (C=O) groups excluding carboxylic acids is 1. The van der Waals surface area contributed by atoms with Crippen molar-refractivity contribution in [3.8, 4) is 11.5 Å². The van der Waals surface area contributed by atoms with E-state index in [1.807, 2.05) is 18.7 Å². The molecular weight excluding hydrogens is 351 g/mol. The summed E-state index contributed by atoms with van der Waals surface area (Å²) < 4.78 is 25.3. The summed E-state index contributed by atoms with van der Waals surface area (Å²) in [5, 5.41) is 12.6. The van der Waals surface area contributed by atoms with Crippen molar-refractivity contribution in [3.63, 3.8) is 0 Å². The molecule has 1 amide bonds. The lowest BCUT2D eigenvalue weighted by Crippen LogP contribution is -2.45. The summed E-state index contributed by atoms with van der Waals surface area (Å²) in [5.41, 5.74) is 0.865. The Balaban J connectivity index is 1.75. The van der Waals surface area contributed by atoms with Crippen LogP contribution in [0.1, 0.15) is 24.2 Å². The fourth-order valence-electron chi connectivity index (χ4n) is 3.24. The van der Waals surface area contributed by atoms with Crippen LogP contribution in [-0.2, 0) is 4.74 Å². The molecule has 2 atom stereocenters. The number of morpholine rings is 1. The number of nitrogens with one attached hydrogen (secondary N) is 1. The first-order valence-corrected chi connectivity index (χ1v) is 8.75. The number of halogens is 1. The second-order valence-electron chi connectivity index (χ2n) is 6.67. The van der Waals surface area contributed by atoms with Crippen LogP contribution in [0.5, 0.6) is 11.5 Å². The van der Waals surface area contributed by atoms with Gasteiger partial charge in [-0.05, 0) is 44.2 Å². The number of nitrogens with zero attached hydrogens (tertiary/aromatic N) is 1. The first-order valence-electron chi connectivity index (χ1n) is 8.75. The molecule has 1 heterocycles. The number of anilines is 2. The zero-order valence-corrected chi connectivity index (χ0v) is 15.5. The van der Waals surface area contributed by atoms with Crippen LogP contribution in [0.4, 0.5) is 15.8 Å². The average molecular weight is 374 g/mol. The van der Waals surface area contributed by atoms with E-state index in [-0.39, 0.29) is 23.5 Å². The van der Waals surface area contributed by atoms with Gasteiger partial charge in [0.05, 0.1) is 30.6 Å². The number of amides is 1. The normalized spacial score (nSPS) is 19.6. The molecule has 3 rings (SSSR count). The highest BCUT2D eigenvalue weighted by Crippen LogP contribution is 2.28. The molecule has 0 aromatic heterocycles. The van der Waals surface area contributed by atoms with E-state index in [0.717, 1.165) is 0 Å². The fourth-order valence-corrected chi connectivity index (χ4v) is 3.24. The van der Waals surface area contributed by atoms with E-state index in [9.17, 15) is 14.3 Å². The third kappa shape index (κ3) is 4.31. The van der Waals surface area contributed by atoms with Crippen LogP contribution >= 0.6 is 0 Å². The van der Waals surface area contributed by atoms with E-state index in [0.29, 0.717) is 30.2 Å². The molecule has 0 bridgehead atoms. The Hall–Kier alpha value is -2.80. The zero-order chi connectivity index (χ0) is 19.6. The van der Waals surface area contributed by atoms with Gasteiger partial charge in [0.25, 0.3) is 5.91 Å². The maximum absolute atomic E-state index is 14.6. The summed E-state index contributed by atoms with van der Waals surface area (Å²) >= 11 is 0. The van der Waals surface area contributed by atoms with Gasteiger partial charge in [-0.25, -0.2) is 4.39 Å². The molecule has 144 valence electrons. The van der Waals surface area contributed by atoms with Crippen molar-refractivity contribution in [3.05, 3.63) is 47.8 Å². The maximum Gasteiger partial charge on any atom is 0.259 e. The molecule has 0 aliphatic carbocycles. The molecular formula is C20H23FN2O4. The maximum atomic E-state index is 14.6. The lowest BCUT2D eigenvalue weighted by Gasteiger charge is -2.37.